The molecule has 0 aromatic carbocycles. The van der Waals surface area contributed by atoms with Crippen molar-refractivity contribution in [2.24, 2.45) is 5.73 Å². The SMILES string of the molecule is CN(C)CC1CCCN1C(=O)c1ccncc1C#CCN. The van der Waals surface area contributed by atoms with Gasteiger partial charge in [-0.05, 0) is 33.0 Å². The van der Waals surface area contributed by atoms with Gasteiger partial charge in [-0.15, -0.1) is 0 Å². The maximum atomic E-state index is 12.8. The van der Waals surface area contributed by atoms with E-state index in [-0.39, 0.29) is 18.5 Å². The summed E-state index contributed by atoms with van der Waals surface area (Å²) < 4.78 is 0. The number of rotatable bonds is 3. The molecule has 0 bridgehead atoms. The number of likely N-dealkylation sites (N-methyl/N-ethyl adjacent to an activating group) is 1. The van der Waals surface area contributed by atoms with E-state index in [0.717, 1.165) is 25.9 Å². The molecule has 1 aromatic rings. The maximum Gasteiger partial charge on any atom is 0.255 e. The fraction of sp³-hybridized carbons (Fsp3) is 0.500. The fourth-order valence-corrected chi connectivity index (χ4v) is 2.70. The quantitative estimate of drug-likeness (QED) is 0.825. The summed E-state index contributed by atoms with van der Waals surface area (Å²) >= 11 is 0. The highest BCUT2D eigenvalue weighted by Gasteiger charge is 2.30. The Hall–Kier alpha value is -1.90. The van der Waals surface area contributed by atoms with E-state index in [1.807, 2.05) is 19.0 Å². The Kier molecular flexibility index (Phi) is 5.32. The third-order valence-corrected chi connectivity index (χ3v) is 3.59. The van der Waals surface area contributed by atoms with Crippen LogP contribution in [0.4, 0.5) is 0 Å². The molecular weight excluding hydrogens is 264 g/mol. The normalized spacial score (nSPS) is 17.7. The molecule has 1 aliphatic rings. The molecule has 5 heteroatoms. The van der Waals surface area contributed by atoms with Gasteiger partial charge in [0.05, 0.1) is 17.7 Å². The molecule has 5 nitrogen and oxygen atoms in total. The molecule has 112 valence electrons. The molecule has 1 fully saturated rings. The van der Waals surface area contributed by atoms with Crippen LogP contribution in [0.1, 0.15) is 28.8 Å². The fourth-order valence-electron chi connectivity index (χ4n) is 2.70. The van der Waals surface area contributed by atoms with Crippen LogP contribution in [0.3, 0.4) is 0 Å². The number of amides is 1. The standard InChI is InChI=1S/C16H22N4O/c1-19(2)12-14-6-4-10-20(14)16(21)15-7-9-18-11-13(15)5-3-8-17/h7,9,11,14H,4,6,8,10,12,17H2,1-2H3. The number of carbonyl (C=O) groups is 1. The first-order chi connectivity index (χ1) is 10.1. The Labute approximate surface area is 126 Å². The van der Waals surface area contributed by atoms with Crippen LogP contribution in [0.5, 0.6) is 0 Å². The van der Waals surface area contributed by atoms with E-state index in [1.165, 1.54) is 0 Å². The zero-order valence-corrected chi connectivity index (χ0v) is 12.7. The van der Waals surface area contributed by atoms with Crippen LogP contribution in [0.25, 0.3) is 0 Å². The van der Waals surface area contributed by atoms with E-state index in [4.69, 9.17) is 5.73 Å². The Morgan fingerprint density at radius 3 is 3.10 bits per heavy atom. The first-order valence-corrected chi connectivity index (χ1v) is 7.22. The second-order valence-electron chi connectivity index (χ2n) is 5.48. The van der Waals surface area contributed by atoms with Crippen LogP contribution in [0.15, 0.2) is 18.5 Å². The number of hydrogen-bond donors (Lipinski definition) is 1. The number of aromatic nitrogens is 1. The van der Waals surface area contributed by atoms with E-state index < -0.39 is 0 Å². The summed E-state index contributed by atoms with van der Waals surface area (Å²) in [6.45, 7) is 1.97. The van der Waals surface area contributed by atoms with Crippen molar-refractivity contribution in [2.75, 3.05) is 33.7 Å². The summed E-state index contributed by atoms with van der Waals surface area (Å²) in [5.74, 6) is 5.77. The van der Waals surface area contributed by atoms with Crippen LogP contribution in [-0.2, 0) is 0 Å². The number of hydrogen-bond acceptors (Lipinski definition) is 4. The van der Waals surface area contributed by atoms with Gasteiger partial charge in [0, 0.05) is 31.5 Å². The summed E-state index contributed by atoms with van der Waals surface area (Å²) in [4.78, 5) is 20.9. The molecule has 21 heavy (non-hydrogen) atoms. The molecule has 0 saturated carbocycles. The highest BCUT2D eigenvalue weighted by molar-refractivity contribution is 5.97. The number of nitrogens with zero attached hydrogens (tertiary/aromatic N) is 3. The molecule has 1 atom stereocenters. The van der Waals surface area contributed by atoms with Gasteiger partial charge in [0.1, 0.15) is 0 Å². The van der Waals surface area contributed by atoms with Gasteiger partial charge >= 0.3 is 0 Å². The van der Waals surface area contributed by atoms with Crippen LogP contribution < -0.4 is 5.73 Å². The molecule has 1 unspecified atom stereocenters. The van der Waals surface area contributed by atoms with Crippen molar-refractivity contribution < 1.29 is 4.79 Å². The molecule has 0 spiro atoms. The molecule has 1 saturated heterocycles. The van der Waals surface area contributed by atoms with Gasteiger partial charge in [0.15, 0.2) is 0 Å². The minimum Gasteiger partial charge on any atom is -0.334 e. The van der Waals surface area contributed by atoms with Crippen molar-refractivity contribution >= 4 is 5.91 Å². The van der Waals surface area contributed by atoms with E-state index in [9.17, 15) is 4.79 Å². The highest BCUT2D eigenvalue weighted by atomic mass is 16.2. The first-order valence-electron chi connectivity index (χ1n) is 7.22. The third-order valence-electron chi connectivity index (χ3n) is 3.59. The molecule has 0 aliphatic carbocycles. The van der Waals surface area contributed by atoms with Gasteiger partial charge in [-0.3, -0.25) is 9.78 Å². The lowest BCUT2D eigenvalue weighted by Gasteiger charge is -2.27. The van der Waals surface area contributed by atoms with Crippen LogP contribution in [-0.4, -0.2) is 60.5 Å². The molecule has 2 heterocycles. The van der Waals surface area contributed by atoms with Crippen LogP contribution in [0.2, 0.25) is 0 Å². The summed E-state index contributed by atoms with van der Waals surface area (Å²) in [7, 11) is 4.07. The van der Waals surface area contributed by atoms with Gasteiger partial charge in [-0.2, -0.15) is 0 Å². The zero-order valence-electron chi connectivity index (χ0n) is 12.7. The lowest BCUT2D eigenvalue weighted by molar-refractivity contribution is 0.0716. The number of likely N-dealkylation sites (tertiary alicyclic amines) is 1. The van der Waals surface area contributed by atoms with Gasteiger partial charge in [0.2, 0.25) is 0 Å². The predicted octanol–water partition coefficient (Wildman–Crippen LogP) is 0.558. The average Bonchev–Trinajstić information content (AvgIpc) is 2.92. The third kappa shape index (κ3) is 3.81. The molecular formula is C16H22N4O. The van der Waals surface area contributed by atoms with E-state index in [0.29, 0.717) is 11.1 Å². The van der Waals surface area contributed by atoms with Gasteiger partial charge in [-0.25, -0.2) is 0 Å². The molecule has 1 amide bonds. The topological polar surface area (TPSA) is 62.5 Å². The molecule has 2 N–H and O–H groups in total. The Bertz CT molecular complexity index is 559. The number of carbonyl (C=O) groups excluding carboxylic acids is 1. The Morgan fingerprint density at radius 1 is 1.57 bits per heavy atom. The highest BCUT2D eigenvalue weighted by Crippen LogP contribution is 2.21. The minimum absolute atomic E-state index is 0.0445. The summed E-state index contributed by atoms with van der Waals surface area (Å²) in [5, 5.41) is 0. The largest absolute Gasteiger partial charge is 0.334 e. The maximum absolute atomic E-state index is 12.8. The molecule has 2 rings (SSSR count). The minimum atomic E-state index is 0.0445. The first kappa shape index (κ1) is 15.5. The van der Waals surface area contributed by atoms with Crippen molar-refractivity contribution in [2.45, 2.75) is 18.9 Å². The van der Waals surface area contributed by atoms with Crippen molar-refractivity contribution in [3.8, 4) is 11.8 Å². The van der Waals surface area contributed by atoms with Crippen LogP contribution in [0, 0.1) is 11.8 Å². The van der Waals surface area contributed by atoms with Gasteiger partial charge < -0.3 is 15.5 Å². The van der Waals surface area contributed by atoms with E-state index in [1.54, 1.807) is 18.5 Å². The zero-order chi connectivity index (χ0) is 15.2. The Balaban J connectivity index is 2.23. The lowest BCUT2D eigenvalue weighted by Crippen LogP contribution is -2.41. The molecule has 1 aliphatic heterocycles. The van der Waals surface area contributed by atoms with E-state index >= 15 is 0 Å². The predicted molar refractivity (Wildman–Crippen MR) is 82.8 cm³/mol. The average molecular weight is 286 g/mol. The second-order valence-corrected chi connectivity index (χ2v) is 5.48. The summed E-state index contributed by atoms with van der Waals surface area (Å²) in [5.41, 5.74) is 6.68. The lowest BCUT2D eigenvalue weighted by atomic mass is 10.1. The van der Waals surface area contributed by atoms with Gasteiger partial charge in [-0.1, -0.05) is 11.8 Å². The van der Waals surface area contributed by atoms with Gasteiger partial charge in [0.25, 0.3) is 5.91 Å². The van der Waals surface area contributed by atoms with E-state index in [2.05, 4.69) is 21.7 Å². The van der Waals surface area contributed by atoms with Crippen molar-refractivity contribution in [3.05, 3.63) is 29.6 Å². The van der Waals surface area contributed by atoms with Crippen molar-refractivity contribution in [3.63, 3.8) is 0 Å². The number of nitrogens with two attached hydrogens (primary N) is 1. The number of pyridine rings is 1. The second kappa shape index (κ2) is 7.21. The monoisotopic (exact) mass is 286 g/mol. The Morgan fingerprint density at radius 2 is 2.38 bits per heavy atom. The smallest absolute Gasteiger partial charge is 0.255 e. The van der Waals surface area contributed by atoms with Crippen molar-refractivity contribution in [1.29, 1.82) is 0 Å². The van der Waals surface area contributed by atoms with Crippen LogP contribution >= 0.6 is 0 Å². The summed E-state index contributed by atoms with van der Waals surface area (Å²) in [6.07, 6.45) is 5.38. The van der Waals surface area contributed by atoms with Crippen molar-refractivity contribution in [1.82, 2.24) is 14.8 Å². The summed E-state index contributed by atoms with van der Waals surface area (Å²) in [6, 6.07) is 2.02. The molecule has 0 radical (unpaired) electrons. The molecule has 1 aromatic heterocycles.